The van der Waals surface area contributed by atoms with Gasteiger partial charge in [0.1, 0.15) is 11.5 Å². The lowest BCUT2D eigenvalue weighted by molar-refractivity contribution is -0.124. The van der Waals surface area contributed by atoms with Crippen molar-refractivity contribution in [3.63, 3.8) is 0 Å². The van der Waals surface area contributed by atoms with Crippen molar-refractivity contribution in [2.45, 2.75) is 0 Å². The summed E-state index contributed by atoms with van der Waals surface area (Å²) in [7, 11) is 1.50. The Balaban J connectivity index is 2.06. The van der Waals surface area contributed by atoms with Crippen molar-refractivity contribution in [3.8, 4) is 11.5 Å². The van der Waals surface area contributed by atoms with Crippen LogP contribution in [0.4, 0.5) is 0 Å². The van der Waals surface area contributed by atoms with Gasteiger partial charge in [0, 0.05) is 17.2 Å². The standard InChI is InChI=1S/C18H17N3O5/c1-26-15-6-7-16(22)14(10-15)11-19-20-18(24)13-4-2-3-12(9-13)5-8-17(23)21-25/h2-11,22,25H,1H3,(H,20,24)(H,21,23)/b8-5+,19-11+. The van der Waals surface area contributed by atoms with E-state index in [1.165, 1.54) is 30.9 Å². The maximum atomic E-state index is 12.1. The smallest absolute Gasteiger partial charge is 0.271 e. The Morgan fingerprint density at radius 3 is 2.73 bits per heavy atom. The van der Waals surface area contributed by atoms with Crippen LogP contribution in [-0.2, 0) is 4.79 Å². The molecule has 8 nitrogen and oxygen atoms in total. The summed E-state index contributed by atoms with van der Waals surface area (Å²) in [5.74, 6) is -0.604. The fourth-order valence-corrected chi connectivity index (χ4v) is 1.98. The molecule has 0 saturated carbocycles. The number of hydrazone groups is 1. The minimum absolute atomic E-state index is 0.00177. The molecule has 4 N–H and O–H groups in total. The number of methoxy groups -OCH3 is 1. The predicted octanol–water partition coefficient (Wildman–Crippen LogP) is 1.68. The van der Waals surface area contributed by atoms with Crippen LogP contribution < -0.4 is 15.6 Å². The van der Waals surface area contributed by atoms with E-state index in [4.69, 9.17) is 9.94 Å². The lowest BCUT2D eigenvalue weighted by Gasteiger charge is -2.04. The largest absolute Gasteiger partial charge is 0.507 e. The first-order valence-electron chi connectivity index (χ1n) is 7.46. The Morgan fingerprint density at radius 2 is 2.00 bits per heavy atom. The number of benzene rings is 2. The van der Waals surface area contributed by atoms with E-state index in [9.17, 15) is 14.7 Å². The number of nitrogens with one attached hydrogen (secondary N) is 2. The molecule has 0 bridgehead atoms. The summed E-state index contributed by atoms with van der Waals surface area (Å²) in [6, 6.07) is 11.1. The second kappa shape index (κ2) is 9.00. The average Bonchev–Trinajstić information content (AvgIpc) is 2.67. The van der Waals surface area contributed by atoms with Crippen molar-refractivity contribution in [3.05, 3.63) is 65.2 Å². The minimum atomic E-state index is -0.678. The molecule has 2 aromatic rings. The molecule has 134 valence electrons. The second-order valence-electron chi connectivity index (χ2n) is 5.06. The molecule has 0 atom stereocenters. The maximum absolute atomic E-state index is 12.1. The molecule has 0 radical (unpaired) electrons. The molecule has 0 unspecified atom stereocenters. The molecule has 0 fully saturated rings. The summed E-state index contributed by atoms with van der Waals surface area (Å²) >= 11 is 0. The number of hydrogen-bond acceptors (Lipinski definition) is 6. The van der Waals surface area contributed by atoms with Crippen LogP contribution in [0.5, 0.6) is 11.5 Å². The van der Waals surface area contributed by atoms with Gasteiger partial charge in [-0.1, -0.05) is 12.1 Å². The number of phenolic OH excluding ortho intramolecular Hbond substituents is 1. The summed E-state index contributed by atoms with van der Waals surface area (Å²) in [6.45, 7) is 0. The molecule has 0 heterocycles. The van der Waals surface area contributed by atoms with Crippen LogP contribution in [0.15, 0.2) is 53.6 Å². The van der Waals surface area contributed by atoms with Gasteiger partial charge in [-0.15, -0.1) is 0 Å². The molecule has 0 aliphatic carbocycles. The predicted molar refractivity (Wildman–Crippen MR) is 95.1 cm³/mol. The van der Waals surface area contributed by atoms with E-state index in [1.807, 2.05) is 0 Å². The topological polar surface area (TPSA) is 120 Å². The Bertz CT molecular complexity index is 862. The van der Waals surface area contributed by atoms with Gasteiger partial charge < -0.3 is 9.84 Å². The van der Waals surface area contributed by atoms with E-state index in [-0.39, 0.29) is 5.75 Å². The fraction of sp³-hybridized carbons (Fsp3) is 0.0556. The summed E-state index contributed by atoms with van der Waals surface area (Å²) in [4.78, 5) is 23.1. The highest BCUT2D eigenvalue weighted by atomic mass is 16.5. The van der Waals surface area contributed by atoms with E-state index in [0.717, 1.165) is 6.08 Å². The van der Waals surface area contributed by atoms with Crippen LogP contribution >= 0.6 is 0 Å². The number of nitrogens with zero attached hydrogens (tertiary/aromatic N) is 1. The lowest BCUT2D eigenvalue weighted by atomic mass is 10.1. The quantitative estimate of drug-likeness (QED) is 0.272. The van der Waals surface area contributed by atoms with E-state index in [1.54, 1.807) is 36.4 Å². The minimum Gasteiger partial charge on any atom is -0.507 e. The molecule has 0 aliphatic rings. The second-order valence-corrected chi connectivity index (χ2v) is 5.06. The monoisotopic (exact) mass is 355 g/mol. The van der Waals surface area contributed by atoms with Crippen molar-refractivity contribution >= 4 is 24.1 Å². The fourth-order valence-electron chi connectivity index (χ4n) is 1.98. The highest BCUT2D eigenvalue weighted by molar-refractivity contribution is 5.96. The van der Waals surface area contributed by atoms with E-state index < -0.39 is 11.8 Å². The highest BCUT2D eigenvalue weighted by Crippen LogP contribution is 2.20. The number of phenols is 1. The first kappa shape index (κ1) is 18.7. The van der Waals surface area contributed by atoms with Crippen molar-refractivity contribution in [1.82, 2.24) is 10.9 Å². The number of aromatic hydroxyl groups is 1. The molecule has 8 heteroatoms. The van der Waals surface area contributed by atoms with Gasteiger partial charge in [-0.2, -0.15) is 5.10 Å². The molecule has 0 saturated heterocycles. The molecular weight excluding hydrogens is 338 g/mol. The third-order valence-electron chi connectivity index (χ3n) is 3.29. The molecule has 2 aromatic carbocycles. The van der Waals surface area contributed by atoms with Crippen molar-refractivity contribution in [2.75, 3.05) is 7.11 Å². The Morgan fingerprint density at radius 1 is 1.19 bits per heavy atom. The van der Waals surface area contributed by atoms with Gasteiger partial charge in [0.15, 0.2) is 0 Å². The molecule has 0 aromatic heterocycles. The Hall–Kier alpha value is -3.65. The van der Waals surface area contributed by atoms with Crippen LogP contribution in [0.3, 0.4) is 0 Å². The molecular formula is C18H17N3O5. The molecule has 0 aliphatic heterocycles. The summed E-state index contributed by atoms with van der Waals surface area (Å²) in [5.41, 5.74) is 5.13. The van der Waals surface area contributed by atoms with Gasteiger partial charge >= 0.3 is 0 Å². The number of ether oxygens (including phenoxy) is 1. The summed E-state index contributed by atoms with van der Waals surface area (Å²) in [5, 5.41) is 22.0. The Labute approximate surface area is 149 Å². The van der Waals surface area contributed by atoms with Gasteiger partial charge in [0.25, 0.3) is 11.8 Å². The zero-order valence-electron chi connectivity index (χ0n) is 13.8. The van der Waals surface area contributed by atoms with Gasteiger partial charge in [0.2, 0.25) is 0 Å². The first-order chi connectivity index (χ1) is 12.5. The molecule has 2 amide bonds. The van der Waals surface area contributed by atoms with Gasteiger partial charge in [-0.25, -0.2) is 10.9 Å². The maximum Gasteiger partial charge on any atom is 0.271 e. The van der Waals surface area contributed by atoms with Gasteiger partial charge in [0.05, 0.1) is 13.3 Å². The van der Waals surface area contributed by atoms with Crippen molar-refractivity contribution in [1.29, 1.82) is 0 Å². The molecule has 0 spiro atoms. The highest BCUT2D eigenvalue weighted by Gasteiger charge is 2.05. The molecule has 2 rings (SSSR count). The normalized spacial score (nSPS) is 10.8. The zero-order chi connectivity index (χ0) is 18.9. The number of carbonyl (C=O) groups is 2. The zero-order valence-corrected chi connectivity index (χ0v) is 13.8. The number of rotatable bonds is 6. The third kappa shape index (κ3) is 5.18. The number of hydroxylamine groups is 1. The molecule has 26 heavy (non-hydrogen) atoms. The van der Waals surface area contributed by atoms with Crippen molar-refractivity contribution < 1.29 is 24.6 Å². The number of amides is 2. The van der Waals surface area contributed by atoms with Crippen LogP contribution in [0, 0.1) is 0 Å². The lowest BCUT2D eigenvalue weighted by Crippen LogP contribution is -2.17. The number of carbonyl (C=O) groups excluding carboxylic acids is 2. The van der Waals surface area contributed by atoms with E-state index in [2.05, 4.69) is 10.5 Å². The first-order valence-corrected chi connectivity index (χ1v) is 7.46. The van der Waals surface area contributed by atoms with Gasteiger partial charge in [-0.3, -0.25) is 14.8 Å². The number of hydrogen-bond donors (Lipinski definition) is 4. The van der Waals surface area contributed by atoms with E-state index >= 15 is 0 Å². The SMILES string of the molecule is COc1ccc(O)c(/C=N/NC(=O)c2cccc(/C=C/C(=O)NO)c2)c1. The van der Waals surface area contributed by atoms with Gasteiger partial charge in [-0.05, 0) is 42.0 Å². The summed E-state index contributed by atoms with van der Waals surface area (Å²) in [6.07, 6.45) is 3.87. The van der Waals surface area contributed by atoms with E-state index in [0.29, 0.717) is 22.4 Å². The summed E-state index contributed by atoms with van der Waals surface area (Å²) < 4.78 is 5.06. The Kier molecular flexibility index (Phi) is 6.47. The average molecular weight is 355 g/mol. The van der Waals surface area contributed by atoms with Crippen LogP contribution in [0.2, 0.25) is 0 Å². The van der Waals surface area contributed by atoms with Crippen molar-refractivity contribution in [2.24, 2.45) is 5.10 Å². The van der Waals surface area contributed by atoms with Crippen LogP contribution in [-0.4, -0.2) is 35.5 Å². The van der Waals surface area contributed by atoms with Crippen LogP contribution in [0.1, 0.15) is 21.5 Å². The third-order valence-corrected chi connectivity index (χ3v) is 3.29. The van der Waals surface area contributed by atoms with Crippen LogP contribution in [0.25, 0.3) is 6.08 Å².